The number of nitrogens with zero attached hydrogens (tertiary/aromatic N) is 1. The van der Waals surface area contributed by atoms with Crippen molar-refractivity contribution in [2.75, 3.05) is 20.6 Å². The van der Waals surface area contributed by atoms with Crippen LogP contribution < -0.4 is 10.6 Å². The molecule has 0 saturated carbocycles. The van der Waals surface area contributed by atoms with E-state index in [1.54, 1.807) is 6.92 Å². The second-order valence-corrected chi connectivity index (χ2v) is 3.81. The van der Waals surface area contributed by atoms with Gasteiger partial charge in [-0.25, -0.2) is 4.79 Å². The molecule has 1 unspecified atom stereocenters. The molecule has 0 bridgehead atoms. The van der Waals surface area contributed by atoms with Gasteiger partial charge in [0, 0.05) is 26.6 Å². The number of likely N-dealkylation sites (N-methyl/N-ethyl adjacent to an activating group) is 2. The number of carboxylic acids is 1. The smallest absolute Gasteiger partial charge is 0.317 e. The Morgan fingerprint density at radius 2 is 1.94 bits per heavy atom. The zero-order valence-corrected chi connectivity index (χ0v) is 10.3. The standard InChI is InChI=1S/C10H19N3O4/c1-7(4-5-9(15)16)12-10(17)13(3)6-8(14)11-2/h7H,4-6H2,1-3H3,(H,11,14)(H,12,17)(H,15,16). The maximum Gasteiger partial charge on any atom is 0.317 e. The molecular weight excluding hydrogens is 226 g/mol. The van der Waals surface area contributed by atoms with Gasteiger partial charge in [-0.3, -0.25) is 9.59 Å². The maximum absolute atomic E-state index is 11.5. The minimum atomic E-state index is -0.898. The SMILES string of the molecule is CNC(=O)CN(C)C(=O)NC(C)CCC(=O)O. The van der Waals surface area contributed by atoms with Crippen molar-refractivity contribution in [2.45, 2.75) is 25.8 Å². The summed E-state index contributed by atoms with van der Waals surface area (Å²) in [7, 11) is 2.98. The summed E-state index contributed by atoms with van der Waals surface area (Å²) in [5.74, 6) is -1.16. The second-order valence-electron chi connectivity index (χ2n) is 3.81. The Bertz CT molecular complexity index is 293. The van der Waals surface area contributed by atoms with E-state index in [1.807, 2.05) is 0 Å². The average molecular weight is 245 g/mol. The van der Waals surface area contributed by atoms with Crippen LogP contribution in [0.2, 0.25) is 0 Å². The first-order valence-electron chi connectivity index (χ1n) is 5.30. The lowest BCUT2D eigenvalue weighted by atomic mass is 10.2. The van der Waals surface area contributed by atoms with E-state index >= 15 is 0 Å². The van der Waals surface area contributed by atoms with E-state index in [2.05, 4.69) is 10.6 Å². The molecule has 3 N–H and O–H groups in total. The summed E-state index contributed by atoms with van der Waals surface area (Å²) in [6.45, 7) is 1.68. The van der Waals surface area contributed by atoms with E-state index in [4.69, 9.17) is 5.11 Å². The highest BCUT2D eigenvalue weighted by Gasteiger charge is 2.14. The number of amides is 3. The Hall–Kier alpha value is -1.79. The Balaban J connectivity index is 3.98. The summed E-state index contributed by atoms with van der Waals surface area (Å²) >= 11 is 0. The highest BCUT2D eigenvalue weighted by atomic mass is 16.4. The Labute approximate surface area is 100 Å². The Kier molecular flexibility index (Phi) is 6.69. The molecule has 0 saturated heterocycles. The van der Waals surface area contributed by atoms with E-state index in [0.29, 0.717) is 6.42 Å². The molecule has 0 rings (SSSR count). The molecule has 1 atom stereocenters. The molecule has 0 aromatic carbocycles. The fourth-order valence-electron chi connectivity index (χ4n) is 1.10. The number of nitrogens with one attached hydrogen (secondary N) is 2. The van der Waals surface area contributed by atoms with Gasteiger partial charge in [0.1, 0.15) is 6.54 Å². The van der Waals surface area contributed by atoms with Crippen LogP contribution in [0.4, 0.5) is 4.79 Å². The van der Waals surface area contributed by atoms with E-state index in [0.717, 1.165) is 0 Å². The molecule has 0 spiro atoms. The molecule has 0 aliphatic carbocycles. The first-order chi connectivity index (χ1) is 7.86. The zero-order chi connectivity index (χ0) is 13.4. The molecule has 0 heterocycles. The van der Waals surface area contributed by atoms with Crippen molar-refractivity contribution in [3.8, 4) is 0 Å². The van der Waals surface area contributed by atoms with Gasteiger partial charge in [-0.15, -0.1) is 0 Å². The van der Waals surface area contributed by atoms with Gasteiger partial charge in [0.05, 0.1) is 0 Å². The van der Waals surface area contributed by atoms with Gasteiger partial charge < -0.3 is 20.6 Å². The van der Waals surface area contributed by atoms with Crippen molar-refractivity contribution in [3.05, 3.63) is 0 Å². The first-order valence-corrected chi connectivity index (χ1v) is 5.30. The first kappa shape index (κ1) is 15.2. The van der Waals surface area contributed by atoms with Gasteiger partial charge >= 0.3 is 12.0 Å². The van der Waals surface area contributed by atoms with Crippen molar-refractivity contribution in [3.63, 3.8) is 0 Å². The predicted octanol–water partition coefficient (Wildman–Crippen LogP) is -0.373. The summed E-state index contributed by atoms with van der Waals surface area (Å²) in [6.07, 6.45) is 0.357. The number of hydrogen-bond donors (Lipinski definition) is 3. The van der Waals surface area contributed by atoms with Gasteiger partial charge in [0.2, 0.25) is 5.91 Å². The normalized spacial score (nSPS) is 11.5. The lowest BCUT2D eigenvalue weighted by molar-refractivity contribution is -0.137. The highest BCUT2D eigenvalue weighted by Crippen LogP contribution is 1.97. The third-order valence-electron chi connectivity index (χ3n) is 2.17. The van der Waals surface area contributed by atoms with Crippen LogP contribution in [0, 0.1) is 0 Å². The number of carboxylic acid groups (broad SMARTS) is 1. The fraction of sp³-hybridized carbons (Fsp3) is 0.700. The monoisotopic (exact) mass is 245 g/mol. The van der Waals surface area contributed by atoms with E-state index < -0.39 is 12.0 Å². The number of urea groups is 1. The molecule has 0 aliphatic heterocycles. The van der Waals surface area contributed by atoms with Crippen LogP contribution in [0.5, 0.6) is 0 Å². The molecular formula is C10H19N3O4. The van der Waals surface area contributed by atoms with E-state index in [-0.39, 0.29) is 24.9 Å². The zero-order valence-electron chi connectivity index (χ0n) is 10.3. The summed E-state index contributed by atoms with van der Waals surface area (Å²) in [5, 5.41) is 13.5. The molecule has 0 radical (unpaired) electrons. The van der Waals surface area contributed by atoms with Gasteiger partial charge in [0.25, 0.3) is 0 Å². The van der Waals surface area contributed by atoms with Crippen LogP contribution in [0.25, 0.3) is 0 Å². The highest BCUT2D eigenvalue weighted by molar-refractivity contribution is 5.83. The third-order valence-corrected chi connectivity index (χ3v) is 2.17. The largest absolute Gasteiger partial charge is 0.481 e. The minimum absolute atomic E-state index is 0.000602. The van der Waals surface area contributed by atoms with Gasteiger partial charge in [0.15, 0.2) is 0 Å². The van der Waals surface area contributed by atoms with Crippen LogP contribution in [0.1, 0.15) is 19.8 Å². The van der Waals surface area contributed by atoms with Crippen molar-refractivity contribution in [1.82, 2.24) is 15.5 Å². The number of rotatable bonds is 6. The van der Waals surface area contributed by atoms with Crippen LogP contribution in [-0.2, 0) is 9.59 Å². The third kappa shape index (κ3) is 7.15. The quantitative estimate of drug-likeness (QED) is 0.594. The molecule has 0 aromatic rings. The lowest BCUT2D eigenvalue weighted by Gasteiger charge is -2.20. The Morgan fingerprint density at radius 3 is 2.41 bits per heavy atom. The summed E-state index contributed by atoms with van der Waals surface area (Å²) in [4.78, 5) is 34.1. The summed E-state index contributed by atoms with van der Waals surface area (Å²) < 4.78 is 0. The molecule has 17 heavy (non-hydrogen) atoms. The second kappa shape index (κ2) is 7.48. The topological polar surface area (TPSA) is 98.7 Å². The number of hydrogen-bond acceptors (Lipinski definition) is 3. The molecule has 7 heteroatoms. The summed E-state index contributed by atoms with van der Waals surface area (Å²) in [6, 6.07) is -0.641. The number of carbonyl (C=O) groups excluding carboxylic acids is 2. The van der Waals surface area contributed by atoms with Crippen LogP contribution in [0.3, 0.4) is 0 Å². The number of aliphatic carboxylic acids is 1. The van der Waals surface area contributed by atoms with Crippen LogP contribution >= 0.6 is 0 Å². The molecule has 98 valence electrons. The molecule has 7 nitrogen and oxygen atoms in total. The van der Waals surface area contributed by atoms with Crippen molar-refractivity contribution in [2.24, 2.45) is 0 Å². The maximum atomic E-state index is 11.5. The number of carbonyl (C=O) groups is 3. The van der Waals surface area contributed by atoms with E-state index in [1.165, 1.54) is 19.0 Å². The molecule has 3 amide bonds. The fourth-order valence-corrected chi connectivity index (χ4v) is 1.10. The van der Waals surface area contributed by atoms with Crippen molar-refractivity contribution < 1.29 is 19.5 Å². The van der Waals surface area contributed by atoms with Gasteiger partial charge in [-0.1, -0.05) is 0 Å². The van der Waals surface area contributed by atoms with Crippen LogP contribution in [0.15, 0.2) is 0 Å². The van der Waals surface area contributed by atoms with Crippen molar-refractivity contribution in [1.29, 1.82) is 0 Å². The van der Waals surface area contributed by atoms with Gasteiger partial charge in [-0.2, -0.15) is 0 Å². The van der Waals surface area contributed by atoms with Crippen LogP contribution in [-0.4, -0.2) is 54.6 Å². The average Bonchev–Trinajstić information content (AvgIpc) is 2.25. The minimum Gasteiger partial charge on any atom is -0.481 e. The van der Waals surface area contributed by atoms with E-state index in [9.17, 15) is 14.4 Å². The molecule has 0 aromatic heterocycles. The lowest BCUT2D eigenvalue weighted by Crippen LogP contribution is -2.45. The molecule has 0 aliphatic rings. The summed E-state index contributed by atoms with van der Waals surface area (Å²) in [5.41, 5.74) is 0. The Morgan fingerprint density at radius 1 is 1.35 bits per heavy atom. The molecule has 0 fully saturated rings. The van der Waals surface area contributed by atoms with Gasteiger partial charge in [-0.05, 0) is 13.3 Å². The van der Waals surface area contributed by atoms with Crippen molar-refractivity contribution >= 4 is 17.9 Å². The predicted molar refractivity (Wildman–Crippen MR) is 61.6 cm³/mol.